The fraction of sp³-hybridized carbons (Fsp3) is 0.231. The van der Waals surface area contributed by atoms with Gasteiger partial charge in [-0.1, -0.05) is 6.07 Å². The Morgan fingerprint density at radius 1 is 1.35 bits per heavy atom. The first-order valence-corrected chi connectivity index (χ1v) is 5.95. The molecular weight excluding hydrogens is 236 g/mol. The molecule has 17 heavy (non-hydrogen) atoms. The Morgan fingerprint density at radius 3 is 2.53 bits per heavy atom. The van der Waals surface area contributed by atoms with Crippen molar-refractivity contribution in [3.05, 3.63) is 39.6 Å². The minimum atomic E-state index is -0.601. The Kier molecular flexibility index (Phi) is 4.84. The van der Waals surface area contributed by atoms with E-state index in [4.69, 9.17) is 0 Å². The van der Waals surface area contributed by atoms with Gasteiger partial charge in [-0.25, -0.2) is 4.79 Å². The number of hydrogen-bond donors (Lipinski definition) is 0. The largest absolute Gasteiger partial charge is 0.465 e. The molecule has 1 rings (SSSR count). The van der Waals surface area contributed by atoms with Crippen LogP contribution in [0.5, 0.6) is 0 Å². The van der Waals surface area contributed by atoms with E-state index in [9.17, 15) is 9.59 Å². The molecule has 1 heterocycles. The van der Waals surface area contributed by atoms with Crippen LogP contribution >= 0.6 is 11.3 Å². The number of thiophene rings is 1. The summed E-state index contributed by atoms with van der Waals surface area (Å²) in [4.78, 5) is 23.7. The number of rotatable bonds is 4. The molecule has 0 amide bonds. The highest BCUT2D eigenvalue weighted by Gasteiger charge is 2.14. The van der Waals surface area contributed by atoms with Gasteiger partial charge in [0, 0.05) is 4.88 Å². The quantitative estimate of drug-likeness (QED) is 0.271. The van der Waals surface area contributed by atoms with Gasteiger partial charge in [0.05, 0.1) is 7.11 Å². The lowest BCUT2D eigenvalue weighted by atomic mass is 10.1. The van der Waals surface area contributed by atoms with E-state index < -0.39 is 5.97 Å². The van der Waals surface area contributed by atoms with Gasteiger partial charge in [0.2, 0.25) is 0 Å². The molecule has 0 aliphatic rings. The van der Waals surface area contributed by atoms with Gasteiger partial charge in [-0.3, -0.25) is 4.79 Å². The number of ether oxygens (including phenoxy) is 1. The highest BCUT2D eigenvalue weighted by atomic mass is 32.1. The third-order valence-electron chi connectivity index (χ3n) is 2.07. The second kappa shape index (κ2) is 6.15. The van der Waals surface area contributed by atoms with Crippen molar-refractivity contribution < 1.29 is 14.3 Å². The molecule has 0 fully saturated rings. The van der Waals surface area contributed by atoms with Crippen molar-refractivity contribution in [3.8, 4) is 0 Å². The summed E-state index contributed by atoms with van der Waals surface area (Å²) < 4.78 is 4.56. The predicted molar refractivity (Wildman–Crippen MR) is 68.8 cm³/mol. The Morgan fingerprint density at radius 2 is 2.06 bits per heavy atom. The number of ketones is 1. The molecule has 0 N–H and O–H groups in total. The van der Waals surface area contributed by atoms with Gasteiger partial charge in [0.25, 0.3) is 0 Å². The Hall–Kier alpha value is -1.68. The molecule has 90 valence electrons. The maximum atomic E-state index is 11.4. The molecule has 0 bridgehead atoms. The van der Waals surface area contributed by atoms with Crippen LogP contribution in [0.2, 0.25) is 0 Å². The van der Waals surface area contributed by atoms with Gasteiger partial charge in [0.1, 0.15) is 5.57 Å². The summed E-state index contributed by atoms with van der Waals surface area (Å²) >= 11 is 1.59. The summed E-state index contributed by atoms with van der Waals surface area (Å²) in [6.07, 6.45) is 3.46. The van der Waals surface area contributed by atoms with Gasteiger partial charge >= 0.3 is 5.97 Å². The smallest absolute Gasteiger partial charge is 0.341 e. The maximum Gasteiger partial charge on any atom is 0.341 e. The van der Waals surface area contributed by atoms with Crippen LogP contribution in [0.25, 0.3) is 6.08 Å². The molecule has 0 aliphatic carbocycles. The first-order chi connectivity index (χ1) is 8.04. The lowest BCUT2D eigenvalue weighted by molar-refractivity contribution is -0.137. The van der Waals surface area contributed by atoms with Crippen molar-refractivity contribution in [1.82, 2.24) is 0 Å². The Bertz CT molecular complexity index is 467. The van der Waals surface area contributed by atoms with E-state index in [0.29, 0.717) is 0 Å². The van der Waals surface area contributed by atoms with Crippen molar-refractivity contribution in [1.29, 1.82) is 0 Å². The van der Waals surface area contributed by atoms with Crippen LogP contribution in [0.4, 0.5) is 0 Å². The zero-order chi connectivity index (χ0) is 12.8. The molecule has 0 saturated carbocycles. The first kappa shape index (κ1) is 13.4. The molecule has 4 heteroatoms. The van der Waals surface area contributed by atoms with Gasteiger partial charge < -0.3 is 4.74 Å². The number of allylic oxidation sites excluding steroid dienone is 2. The topological polar surface area (TPSA) is 43.4 Å². The average Bonchev–Trinajstić information content (AvgIpc) is 2.77. The number of carbonyl (C=O) groups is 2. The van der Waals surface area contributed by atoms with Gasteiger partial charge in [0.15, 0.2) is 5.78 Å². The van der Waals surface area contributed by atoms with Gasteiger partial charge in [-0.15, -0.1) is 11.3 Å². The van der Waals surface area contributed by atoms with Crippen LogP contribution in [0.15, 0.2) is 34.7 Å². The van der Waals surface area contributed by atoms with Gasteiger partial charge in [-0.05, 0) is 43.0 Å². The van der Waals surface area contributed by atoms with E-state index in [1.165, 1.54) is 14.0 Å². The van der Waals surface area contributed by atoms with Crippen LogP contribution in [-0.2, 0) is 14.3 Å². The van der Waals surface area contributed by atoms with E-state index >= 15 is 0 Å². The van der Waals surface area contributed by atoms with Crippen LogP contribution in [0.3, 0.4) is 0 Å². The van der Waals surface area contributed by atoms with Crippen LogP contribution in [-0.4, -0.2) is 18.9 Å². The average molecular weight is 250 g/mol. The molecular formula is C13H14O3S. The summed E-state index contributed by atoms with van der Waals surface area (Å²) in [6.45, 7) is 3.19. The van der Waals surface area contributed by atoms with Crippen LogP contribution < -0.4 is 0 Å². The number of methoxy groups -OCH3 is 1. The molecule has 0 aromatic carbocycles. The lowest BCUT2D eigenvalue weighted by Gasteiger charge is -2.01. The standard InChI is InChI=1S/C13H14O3S/c1-9(7-11-5-4-6-17-11)8-12(10(2)14)13(15)16-3/h4-8H,1-3H3. The van der Waals surface area contributed by atoms with Crippen LogP contribution in [0, 0.1) is 0 Å². The minimum absolute atomic E-state index is 0.0674. The predicted octanol–water partition coefficient (Wildman–Crippen LogP) is 2.84. The monoisotopic (exact) mass is 250 g/mol. The molecule has 0 radical (unpaired) electrons. The first-order valence-electron chi connectivity index (χ1n) is 5.07. The summed E-state index contributed by atoms with van der Waals surface area (Å²) in [5, 5.41) is 1.97. The number of hydrogen-bond acceptors (Lipinski definition) is 4. The Balaban J connectivity index is 2.98. The van der Waals surface area contributed by atoms with Crippen molar-refractivity contribution in [3.63, 3.8) is 0 Å². The molecule has 0 atom stereocenters. The van der Waals surface area contributed by atoms with Gasteiger partial charge in [-0.2, -0.15) is 0 Å². The van der Waals surface area contributed by atoms with E-state index in [1.807, 2.05) is 30.5 Å². The van der Waals surface area contributed by atoms with Crippen molar-refractivity contribution >= 4 is 29.2 Å². The second-order valence-electron chi connectivity index (χ2n) is 3.51. The van der Waals surface area contributed by atoms with Crippen molar-refractivity contribution in [2.24, 2.45) is 0 Å². The summed E-state index contributed by atoms with van der Waals surface area (Å²) in [5.74, 6) is -0.896. The van der Waals surface area contributed by atoms with Crippen molar-refractivity contribution in [2.45, 2.75) is 13.8 Å². The zero-order valence-electron chi connectivity index (χ0n) is 10.0. The number of Topliss-reactive ketones (excluding diaryl/α,β-unsaturated/α-hetero) is 1. The molecule has 0 aliphatic heterocycles. The molecule has 1 aromatic rings. The fourth-order valence-electron chi connectivity index (χ4n) is 1.28. The molecule has 0 spiro atoms. The van der Waals surface area contributed by atoms with E-state index in [2.05, 4.69) is 4.74 Å². The highest BCUT2D eigenvalue weighted by Crippen LogP contribution is 2.15. The lowest BCUT2D eigenvalue weighted by Crippen LogP contribution is -2.11. The molecule has 0 saturated heterocycles. The van der Waals surface area contributed by atoms with E-state index in [0.717, 1.165) is 10.5 Å². The molecule has 0 unspecified atom stereocenters. The van der Waals surface area contributed by atoms with Crippen molar-refractivity contribution in [2.75, 3.05) is 7.11 Å². The SMILES string of the molecule is COC(=O)C(=CC(C)=Cc1cccs1)C(C)=O. The van der Waals surface area contributed by atoms with Crippen LogP contribution in [0.1, 0.15) is 18.7 Å². The third kappa shape index (κ3) is 4.00. The summed E-state index contributed by atoms with van der Waals surface area (Å²) in [6, 6.07) is 3.91. The maximum absolute atomic E-state index is 11.4. The zero-order valence-corrected chi connectivity index (χ0v) is 10.8. The highest BCUT2D eigenvalue weighted by molar-refractivity contribution is 7.10. The molecule has 1 aromatic heterocycles. The van der Waals surface area contributed by atoms with E-state index in [-0.39, 0.29) is 11.4 Å². The second-order valence-corrected chi connectivity index (χ2v) is 4.49. The number of carbonyl (C=O) groups excluding carboxylic acids is 2. The third-order valence-corrected chi connectivity index (χ3v) is 2.89. The fourth-order valence-corrected chi connectivity index (χ4v) is 2.01. The minimum Gasteiger partial charge on any atom is -0.465 e. The summed E-state index contributed by atoms with van der Waals surface area (Å²) in [5.41, 5.74) is 0.904. The molecule has 3 nitrogen and oxygen atoms in total. The van der Waals surface area contributed by atoms with E-state index in [1.54, 1.807) is 17.4 Å². The Labute approximate surface area is 104 Å². The number of esters is 1. The normalized spacial score (nSPS) is 12.4. The summed E-state index contributed by atoms with van der Waals surface area (Å²) in [7, 11) is 1.26.